The molecule has 0 unspecified atom stereocenters. The molecular weight excluding hydrogens is 269 g/mol. The minimum atomic E-state index is -0.335. The average Bonchev–Trinajstić information content (AvgIpc) is 2.86. The number of nitrogens with zero attached hydrogens (tertiary/aromatic N) is 3. The lowest BCUT2D eigenvalue weighted by atomic mass is 10.1. The van der Waals surface area contributed by atoms with Crippen LogP contribution in [-0.2, 0) is 13.1 Å². The van der Waals surface area contributed by atoms with E-state index in [1.165, 1.54) is 0 Å². The van der Waals surface area contributed by atoms with Crippen molar-refractivity contribution in [2.75, 3.05) is 5.32 Å². The van der Waals surface area contributed by atoms with Crippen molar-refractivity contribution in [3.63, 3.8) is 0 Å². The van der Waals surface area contributed by atoms with Gasteiger partial charge in [0.1, 0.15) is 0 Å². The summed E-state index contributed by atoms with van der Waals surface area (Å²) in [7, 11) is 0. The molecule has 0 aromatic carbocycles. The van der Waals surface area contributed by atoms with Crippen molar-refractivity contribution in [2.45, 2.75) is 46.3 Å². The molecule has 21 heavy (non-hydrogen) atoms. The summed E-state index contributed by atoms with van der Waals surface area (Å²) < 4.78 is 16.2. The summed E-state index contributed by atoms with van der Waals surface area (Å²) in [6, 6.07) is 1.69. The Morgan fingerprint density at radius 1 is 1.33 bits per heavy atom. The summed E-state index contributed by atoms with van der Waals surface area (Å²) in [6.45, 7) is 9.36. The molecule has 0 aliphatic heterocycles. The smallest absolute Gasteiger partial charge is 0.170 e. The number of aryl methyl sites for hydroxylation is 1. The number of pyridine rings is 1. The van der Waals surface area contributed by atoms with E-state index in [0.717, 1.165) is 12.2 Å². The summed E-state index contributed by atoms with van der Waals surface area (Å²) in [5.74, 6) is -0.114. The minimum Gasteiger partial charge on any atom is -0.335 e. The van der Waals surface area contributed by atoms with E-state index in [9.17, 15) is 4.39 Å². The third-order valence-corrected chi connectivity index (χ3v) is 3.00. The van der Waals surface area contributed by atoms with E-state index in [1.54, 1.807) is 23.1 Å². The van der Waals surface area contributed by atoms with Gasteiger partial charge in [0.25, 0.3) is 0 Å². The Hall–Kier alpha value is -1.95. The molecule has 6 heteroatoms. The van der Waals surface area contributed by atoms with Crippen molar-refractivity contribution in [2.24, 2.45) is 0 Å². The average molecular weight is 291 g/mol. The van der Waals surface area contributed by atoms with E-state index in [1.807, 2.05) is 33.9 Å². The molecule has 2 rings (SSSR count). The van der Waals surface area contributed by atoms with Crippen LogP contribution < -0.4 is 10.6 Å². The fourth-order valence-electron chi connectivity index (χ4n) is 1.81. The van der Waals surface area contributed by atoms with Crippen molar-refractivity contribution in [3.8, 4) is 0 Å². The molecule has 0 saturated heterocycles. The van der Waals surface area contributed by atoms with Crippen molar-refractivity contribution >= 4 is 11.5 Å². The molecular formula is C15H22FN5. The zero-order chi connectivity index (χ0) is 15.5. The van der Waals surface area contributed by atoms with Crippen molar-refractivity contribution in [3.05, 3.63) is 36.0 Å². The second kappa shape index (κ2) is 6.22. The molecule has 114 valence electrons. The molecule has 0 spiro atoms. The molecule has 5 nitrogen and oxygen atoms in total. The summed E-state index contributed by atoms with van der Waals surface area (Å²) >= 11 is 0. The van der Waals surface area contributed by atoms with Crippen molar-refractivity contribution in [1.82, 2.24) is 20.1 Å². The lowest BCUT2D eigenvalue weighted by Gasteiger charge is -2.21. The van der Waals surface area contributed by atoms with E-state index in [-0.39, 0.29) is 17.2 Å². The van der Waals surface area contributed by atoms with Crippen LogP contribution in [0.15, 0.2) is 24.7 Å². The number of anilines is 2. The number of halogens is 1. The molecule has 0 aliphatic rings. The first kappa shape index (κ1) is 15.4. The van der Waals surface area contributed by atoms with Gasteiger partial charge in [-0.05, 0) is 33.8 Å². The van der Waals surface area contributed by atoms with Crippen LogP contribution in [-0.4, -0.2) is 20.3 Å². The maximum absolute atomic E-state index is 14.4. The molecule has 0 aliphatic carbocycles. The highest BCUT2D eigenvalue weighted by molar-refractivity contribution is 5.55. The van der Waals surface area contributed by atoms with Crippen LogP contribution in [0, 0.1) is 5.82 Å². The molecule has 2 aromatic heterocycles. The third-order valence-electron chi connectivity index (χ3n) is 3.00. The monoisotopic (exact) mass is 291 g/mol. The Morgan fingerprint density at radius 3 is 2.71 bits per heavy atom. The largest absolute Gasteiger partial charge is 0.335 e. The van der Waals surface area contributed by atoms with Crippen LogP contribution in [0.2, 0.25) is 0 Å². The highest BCUT2D eigenvalue weighted by atomic mass is 19.1. The van der Waals surface area contributed by atoms with Crippen LogP contribution in [0.3, 0.4) is 0 Å². The molecule has 0 saturated carbocycles. The van der Waals surface area contributed by atoms with E-state index in [2.05, 4.69) is 20.7 Å². The molecule has 0 bridgehead atoms. The highest BCUT2D eigenvalue weighted by Crippen LogP contribution is 2.20. The van der Waals surface area contributed by atoms with Gasteiger partial charge in [-0.3, -0.25) is 4.68 Å². The molecule has 2 heterocycles. The van der Waals surface area contributed by atoms with Crippen molar-refractivity contribution in [1.29, 1.82) is 0 Å². The predicted molar refractivity (Wildman–Crippen MR) is 82.0 cm³/mol. The SMILES string of the molecule is CCn1cc(Nc2nccc(CNC(C)(C)C)c2F)cn1. The Kier molecular flexibility index (Phi) is 4.57. The number of nitrogens with one attached hydrogen (secondary N) is 2. The van der Waals surface area contributed by atoms with Gasteiger partial charge in [0, 0.05) is 36.6 Å². The molecule has 0 amide bonds. The number of rotatable bonds is 5. The fourth-order valence-corrected chi connectivity index (χ4v) is 1.81. The maximum atomic E-state index is 14.4. The van der Waals surface area contributed by atoms with Gasteiger partial charge in [0.15, 0.2) is 11.6 Å². The Bertz CT molecular complexity index is 600. The van der Waals surface area contributed by atoms with Crippen LogP contribution in [0.4, 0.5) is 15.9 Å². The molecule has 0 atom stereocenters. The van der Waals surface area contributed by atoms with E-state index < -0.39 is 0 Å². The van der Waals surface area contributed by atoms with Gasteiger partial charge in [0.05, 0.1) is 11.9 Å². The Balaban J connectivity index is 2.13. The summed E-state index contributed by atoms with van der Waals surface area (Å²) in [4.78, 5) is 4.06. The summed E-state index contributed by atoms with van der Waals surface area (Å²) in [5, 5.41) is 10.4. The van der Waals surface area contributed by atoms with Gasteiger partial charge >= 0.3 is 0 Å². The van der Waals surface area contributed by atoms with E-state index >= 15 is 0 Å². The van der Waals surface area contributed by atoms with E-state index in [0.29, 0.717) is 12.1 Å². The van der Waals surface area contributed by atoms with Crippen molar-refractivity contribution < 1.29 is 4.39 Å². The van der Waals surface area contributed by atoms with Gasteiger partial charge in [-0.2, -0.15) is 5.10 Å². The second-order valence-corrected chi connectivity index (χ2v) is 5.95. The first-order valence-corrected chi connectivity index (χ1v) is 7.07. The molecule has 2 aromatic rings. The second-order valence-electron chi connectivity index (χ2n) is 5.95. The first-order chi connectivity index (χ1) is 9.89. The molecule has 0 fully saturated rings. The number of aromatic nitrogens is 3. The van der Waals surface area contributed by atoms with Gasteiger partial charge in [-0.15, -0.1) is 0 Å². The summed E-state index contributed by atoms with van der Waals surface area (Å²) in [6.07, 6.45) is 5.08. The maximum Gasteiger partial charge on any atom is 0.170 e. The van der Waals surface area contributed by atoms with Crippen LogP contribution in [0.25, 0.3) is 0 Å². The van der Waals surface area contributed by atoms with E-state index in [4.69, 9.17) is 0 Å². The number of hydrogen-bond acceptors (Lipinski definition) is 4. The zero-order valence-corrected chi connectivity index (χ0v) is 12.9. The van der Waals surface area contributed by atoms with Gasteiger partial charge < -0.3 is 10.6 Å². The van der Waals surface area contributed by atoms with Crippen LogP contribution in [0.5, 0.6) is 0 Å². The standard InChI is InChI=1S/C15H22FN5/c1-5-21-10-12(9-19-21)20-14-13(16)11(6-7-17-14)8-18-15(2,3)4/h6-7,9-10,18H,5,8H2,1-4H3,(H,17,20). The fraction of sp³-hybridized carbons (Fsp3) is 0.467. The predicted octanol–water partition coefficient (Wildman–Crippen LogP) is 3.07. The Morgan fingerprint density at radius 2 is 2.10 bits per heavy atom. The van der Waals surface area contributed by atoms with Gasteiger partial charge in [-0.1, -0.05) is 0 Å². The lowest BCUT2D eigenvalue weighted by molar-refractivity contribution is 0.418. The lowest BCUT2D eigenvalue weighted by Crippen LogP contribution is -2.35. The van der Waals surface area contributed by atoms with Crippen LogP contribution >= 0.6 is 0 Å². The molecule has 2 N–H and O–H groups in total. The summed E-state index contributed by atoms with van der Waals surface area (Å²) in [5.41, 5.74) is 1.25. The third kappa shape index (κ3) is 4.26. The first-order valence-electron chi connectivity index (χ1n) is 7.07. The zero-order valence-electron chi connectivity index (χ0n) is 12.9. The van der Waals surface area contributed by atoms with Gasteiger partial charge in [-0.25, -0.2) is 9.37 Å². The molecule has 0 radical (unpaired) electrons. The Labute approximate surface area is 124 Å². The quantitative estimate of drug-likeness (QED) is 0.889. The number of hydrogen-bond donors (Lipinski definition) is 2. The highest BCUT2D eigenvalue weighted by Gasteiger charge is 2.14. The van der Waals surface area contributed by atoms with Crippen LogP contribution in [0.1, 0.15) is 33.3 Å². The minimum absolute atomic E-state index is 0.0639. The normalized spacial score (nSPS) is 11.7. The topological polar surface area (TPSA) is 54.8 Å². The van der Waals surface area contributed by atoms with Gasteiger partial charge in [0.2, 0.25) is 0 Å².